The van der Waals surface area contributed by atoms with Crippen LogP contribution in [-0.2, 0) is 19.4 Å². The number of benzene rings is 2. The molecule has 6 nitrogen and oxygen atoms in total. The normalized spacial score (nSPS) is 15.4. The van der Waals surface area contributed by atoms with Crippen molar-refractivity contribution in [3.8, 4) is 5.75 Å². The molecule has 0 bridgehead atoms. The minimum atomic E-state index is -0.168. The number of ether oxygens (including phenoxy) is 1. The van der Waals surface area contributed by atoms with Crippen LogP contribution in [0.1, 0.15) is 33.5 Å². The van der Waals surface area contributed by atoms with Gasteiger partial charge in [-0.2, -0.15) is 0 Å². The highest BCUT2D eigenvalue weighted by molar-refractivity contribution is 5.98. The van der Waals surface area contributed by atoms with Crippen molar-refractivity contribution in [2.75, 3.05) is 25.1 Å². The standard InChI is InChI=1S/C21H23N3O3/c1-27-19-12-15-5-2-4-14(15)10-17(19)13-23-20(25)16-6-3-7-18(11-16)24-9-8-22-21(24)26/h3,6-7,10-12H,2,4-5,8-9,13H2,1H3,(H,22,26)(H,23,25). The Balaban J connectivity index is 1.48. The summed E-state index contributed by atoms with van der Waals surface area (Å²) in [5, 5.41) is 5.74. The summed E-state index contributed by atoms with van der Waals surface area (Å²) in [6, 6.07) is 11.3. The predicted octanol–water partition coefficient (Wildman–Crippen LogP) is 2.64. The smallest absolute Gasteiger partial charge is 0.321 e. The second-order valence-electron chi connectivity index (χ2n) is 6.90. The average molecular weight is 365 g/mol. The number of rotatable bonds is 5. The lowest BCUT2D eigenvalue weighted by Gasteiger charge is -2.16. The van der Waals surface area contributed by atoms with E-state index in [4.69, 9.17) is 4.74 Å². The van der Waals surface area contributed by atoms with Crippen molar-refractivity contribution in [2.24, 2.45) is 0 Å². The number of anilines is 1. The van der Waals surface area contributed by atoms with E-state index in [1.165, 1.54) is 17.5 Å². The molecular formula is C21H23N3O3. The van der Waals surface area contributed by atoms with Gasteiger partial charge in [0.25, 0.3) is 5.91 Å². The van der Waals surface area contributed by atoms with E-state index in [-0.39, 0.29) is 11.9 Å². The van der Waals surface area contributed by atoms with Crippen molar-refractivity contribution < 1.29 is 14.3 Å². The van der Waals surface area contributed by atoms with E-state index >= 15 is 0 Å². The third kappa shape index (κ3) is 3.47. The Labute approximate surface area is 158 Å². The fourth-order valence-corrected chi connectivity index (χ4v) is 3.79. The molecule has 0 spiro atoms. The fourth-order valence-electron chi connectivity index (χ4n) is 3.79. The molecule has 6 heteroatoms. The zero-order chi connectivity index (χ0) is 18.8. The number of amides is 3. The number of nitrogens with one attached hydrogen (secondary N) is 2. The highest BCUT2D eigenvalue weighted by Gasteiger charge is 2.22. The van der Waals surface area contributed by atoms with Crippen molar-refractivity contribution in [2.45, 2.75) is 25.8 Å². The van der Waals surface area contributed by atoms with Crippen LogP contribution in [0.4, 0.5) is 10.5 Å². The Morgan fingerprint density at radius 3 is 2.78 bits per heavy atom. The number of methoxy groups -OCH3 is 1. The first kappa shape index (κ1) is 17.4. The summed E-state index contributed by atoms with van der Waals surface area (Å²) in [5.74, 6) is 0.650. The maximum atomic E-state index is 12.6. The lowest BCUT2D eigenvalue weighted by atomic mass is 10.0. The van der Waals surface area contributed by atoms with Gasteiger partial charge in [0.1, 0.15) is 5.75 Å². The van der Waals surface area contributed by atoms with Crippen LogP contribution >= 0.6 is 0 Å². The maximum Gasteiger partial charge on any atom is 0.321 e. The number of hydrogen-bond donors (Lipinski definition) is 2. The van der Waals surface area contributed by atoms with Crippen LogP contribution in [0.15, 0.2) is 36.4 Å². The molecule has 0 saturated carbocycles. The molecule has 3 amide bonds. The molecule has 1 aliphatic heterocycles. The topological polar surface area (TPSA) is 70.7 Å². The third-order valence-electron chi connectivity index (χ3n) is 5.21. The van der Waals surface area contributed by atoms with Gasteiger partial charge in [0, 0.05) is 36.4 Å². The van der Waals surface area contributed by atoms with E-state index in [0.717, 1.165) is 29.8 Å². The molecule has 0 aromatic heterocycles. The SMILES string of the molecule is COc1cc2c(cc1CNC(=O)c1cccc(N3CCNC3=O)c1)CCC2. The Morgan fingerprint density at radius 2 is 2.04 bits per heavy atom. The summed E-state index contributed by atoms with van der Waals surface area (Å²) < 4.78 is 5.50. The molecule has 1 fully saturated rings. The average Bonchev–Trinajstić information content (AvgIpc) is 3.33. The van der Waals surface area contributed by atoms with E-state index in [1.807, 2.05) is 6.07 Å². The largest absolute Gasteiger partial charge is 0.496 e. The van der Waals surface area contributed by atoms with Crippen LogP contribution in [0, 0.1) is 0 Å². The minimum Gasteiger partial charge on any atom is -0.496 e. The number of carbonyl (C=O) groups is 2. The first-order valence-electron chi connectivity index (χ1n) is 9.28. The van der Waals surface area contributed by atoms with Crippen LogP contribution in [-0.4, -0.2) is 32.1 Å². The number of carbonyl (C=O) groups excluding carboxylic acids is 2. The quantitative estimate of drug-likeness (QED) is 0.856. The summed E-state index contributed by atoms with van der Waals surface area (Å²) in [6.45, 7) is 1.63. The molecule has 1 saturated heterocycles. The van der Waals surface area contributed by atoms with Crippen LogP contribution in [0.2, 0.25) is 0 Å². The molecule has 27 heavy (non-hydrogen) atoms. The summed E-state index contributed by atoms with van der Waals surface area (Å²) in [7, 11) is 1.66. The van der Waals surface area contributed by atoms with E-state index in [2.05, 4.69) is 22.8 Å². The van der Waals surface area contributed by atoms with Crippen LogP contribution in [0.5, 0.6) is 5.75 Å². The monoisotopic (exact) mass is 365 g/mol. The van der Waals surface area contributed by atoms with E-state index in [1.54, 1.807) is 30.2 Å². The Hall–Kier alpha value is -3.02. The van der Waals surface area contributed by atoms with Crippen LogP contribution < -0.4 is 20.3 Å². The van der Waals surface area contributed by atoms with Gasteiger partial charge in [0.2, 0.25) is 0 Å². The molecule has 1 heterocycles. The van der Waals surface area contributed by atoms with Crippen LogP contribution in [0.25, 0.3) is 0 Å². The van der Waals surface area contributed by atoms with Gasteiger partial charge in [-0.15, -0.1) is 0 Å². The number of nitrogens with zero attached hydrogens (tertiary/aromatic N) is 1. The third-order valence-corrected chi connectivity index (χ3v) is 5.21. The van der Waals surface area contributed by atoms with Gasteiger partial charge in [-0.3, -0.25) is 9.69 Å². The molecule has 2 aromatic rings. The first-order valence-corrected chi connectivity index (χ1v) is 9.28. The molecular weight excluding hydrogens is 342 g/mol. The van der Waals surface area contributed by atoms with Gasteiger partial charge in [0.15, 0.2) is 0 Å². The van der Waals surface area contributed by atoms with E-state index in [0.29, 0.717) is 25.2 Å². The predicted molar refractivity (Wildman–Crippen MR) is 103 cm³/mol. The van der Waals surface area contributed by atoms with Crippen LogP contribution in [0.3, 0.4) is 0 Å². The first-order chi connectivity index (χ1) is 13.2. The molecule has 140 valence electrons. The van der Waals surface area contributed by atoms with Crippen molar-refractivity contribution >= 4 is 17.6 Å². The van der Waals surface area contributed by atoms with Gasteiger partial charge in [0.05, 0.1) is 7.11 Å². The molecule has 1 aliphatic carbocycles. The highest BCUT2D eigenvalue weighted by atomic mass is 16.5. The Morgan fingerprint density at radius 1 is 1.22 bits per heavy atom. The molecule has 0 radical (unpaired) electrons. The van der Waals surface area contributed by atoms with Crippen molar-refractivity contribution in [3.63, 3.8) is 0 Å². The second kappa shape index (κ2) is 7.31. The molecule has 2 N–H and O–H groups in total. The number of urea groups is 1. The zero-order valence-electron chi connectivity index (χ0n) is 15.4. The van der Waals surface area contributed by atoms with E-state index < -0.39 is 0 Å². The van der Waals surface area contributed by atoms with Gasteiger partial charge in [-0.05, 0) is 54.7 Å². The number of hydrogen-bond acceptors (Lipinski definition) is 3. The number of aryl methyl sites for hydroxylation is 2. The van der Waals surface area contributed by atoms with Gasteiger partial charge < -0.3 is 15.4 Å². The summed E-state index contributed by atoms with van der Waals surface area (Å²) in [5.41, 5.74) is 4.95. The lowest BCUT2D eigenvalue weighted by molar-refractivity contribution is 0.0950. The number of fused-ring (bicyclic) bond motifs is 1. The minimum absolute atomic E-state index is 0.129. The molecule has 0 unspecified atom stereocenters. The molecule has 4 rings (SSSR count). The van der Waals surface area contributed by atoms with E-state index in [9.17, 15) is 9.59 Å². The second-order valence-corrected chi connectivity index (χ2v) is 6.90. The summed E-state index contributed by atoms with van der Waals surface area (Å²) in [6.07, 6.45) is 3.35. The van der Waals surface area contributed by atoms with Crippen molar-refractivity contribution in [3.05, 3.63) is 58.7 Å². The summed E-state index contributed by atoms with van der Waals surface area (Å²) >= 11 is 0. The molecule has 2 aliphatic rings. The fraction of sp³-hybridized carbons (Fsp3) is 0.333. The van der Waals surface area contributed by atoms with Gasteiger partial charge in [-0.25, -0.2) is 4.79 Å². The molecule has 2 aromatic carbocycles. The van der Waals surface area contributed by atoms with Gasteiger partial charge >= 0.3 is 6.03 Å². The maximum absolute atomic E-state index is 12.6. The zero-order valence-corrected chi connectivity index (χ0v) is 15.4. The van der Waals surface area contributed by atoms with Gasteiger partial charge in [-0.1, -0.05) is 12.1 Å². The van der Waals surface area contributed by atoms with Crippen molar-refractivity contribution in [1.29, 1.82) is 0 Å². The Bertz CT molecular complexity index is 894. The Kier molecular flexibility index (Phi) is 4.71. The highest BCUT2D eigenvalue weighted by Crippen LogP contribution is 2.30. The lowest BCUT2D eigenvalue weighted by Crippen LogP contribution is -2.28. The van der Waals surface area contributed by atoms with Crippen molar-refractivity contribution in [1.82, 2.24) is 10.6 Å². The summed E-state index contributed by atoms with van der Waals surface area (Å²) in [4.78, 5) is 26.1. The molecule has 0 atom stereocenters.